The second kappa shape index (κ2) is 8.80. The van der Waals surface area contributed by atoms with Crippen LogP contribution in [-0.2, 0) is 17.1 Å². The highest BCUT2D eigenvalue weighted by Crippen LogP contribution is 2.36. The van der Waals surface area contributed by atoms with Crippen LogP contribution >= 0.6 is 0 Å². The molecule has 3 aromatic rings. The lowest BCUT2D eigenvalue weighted by Crippen LogP contribution is -2.20. The van der Waals surface area contributed by atoms with Crippen LogP contribution in [-0.4, -0.2) is 27.2 Å². The topological polar surface area (TPSA) is 99.3 Å². The molecule has 8 nitrogen and oxygen atoms in total. The number of hydrogen-bond donors (Lipinski definition) is 1. The van der Waals surface area contributed by atoms with E-state index in [1.807, 2.05) is 0 Å². The first kappa shape index (κ1) is 23.6. The lowest BCUT2D eigenvalue weighted by atomic mass is 10.2. The largest absolute Gasteiger partial charge is 0.477 e. The van der Waals surface area contributed by atoms with Crippen molar-refractivity contribution >= 4 is 17.3 Å². The summed E-state index contributed by atoms with van der Waals surface area (Å²) < 4.78 is 83.1. The molecule has 14 heteroatoms. The van der Waals surface area contributed by atoms with Crippen molar-refractivity contribution in [3.8, 4) is 11.4 Å². The fraction of sp³-hybridized carbons (Fsp3) is 0.158. The van der Waals surface area contributed by atoms with Crippen LogP contribution in [0.5, 0.6) is 5.75 Å². The molecular formula is C19H12F6N4O4. The van der Waals surface area contributed by atoms with Crippen molar-refractivity contribution in [2.24, 2.45) is 0 Å². The van der Waals surface area contributed by atoms with Gasteiger partial charge in [0.15, 0.2) is 18.1 Å². The smallest absolute Gasteiger partial charge is 0.435 e. The zero-order valence-corrected chi connectivity index (χ0v) is 16.1. The van der Waals surface area contributed by atoms with Crippen molar-refractivity contribution in [3.05, 3.63) is 76.1 Å². The Morgan fingerprint density at radius 2 is 1.67 bits per heavy atom. The second-order valence-electron chi connectivity index (χ2n) is 6.43. The molecule has 2 aromatic carbocycles. The number of para-hydroxylation sites is 2. The highest BCUT2D eigenvalue weighted by atomic mass is 19.4. The first-order chi connectivity index (χ1) is 15.4. The van der Waals surface area contributed by atoms with Crippen molar-refractivity contribution in [1.29, 1.82) is 0 Å². The number of halogens is 6. The minimum atomic E-state index is -5.10. The van der Waals surface area contributed by atoms with Gasteiger partial charge in [0.05, 0.1) is 10.6 Å². The van der Waals surface area contributed by atoms with Crippen LogP contribution in [0.3, 0.4) is 0 Å². The van der Waals surface area contributed by atoms with Crippen molar-refractivity contribution in [2.45, 2.75) is 12.4 Å². The molecule has 0 radical (unpaired) electrons. The summed E-state index contributed by atoms with van der Waals surface area (Å²) in [6.45, 7) is -0.612. The maximum Gasteiger partial charge on any atom is 0.435 e. The Morgan fingerprint density at radius 1 is 1.03 bits per heavy atom. The number of nitro groups is 1. The molecule has 0 saturated carbocycles. The van der Waals surface area contributed by atoms with Gasteiger partial charge in [0.2, 0.25) is 0 Å². The van der Waals surface area contributed by atoms with E-state index in [-0.39, 0.29) is 33.6 Å². The quantitative estimate of drug-likeness (QED) is 0.313. The number of benzene rings is 2. The number of nitro benzene ring substituents is 1. The summed E-state index contributed by atoms with van der Waals surface area (Å²) in [5.41, 5.74) is -3.92. The summed E-state index contributed by atoms with van der Waals surface area (Å²) in [7, 11) is 0. The Hall–Kier alpha value is -4.10. The zero-order chi connectivity index (χ0) is 24.4. The molecule has 0 fully saturated rings. The van der Waals surface area contributed by atoms with Gasteiger partial charge >= 0.3 is 18.0 Å². The standard InChI is InChI=1S/C19H12F6N4O4/c20-18(21,22)15-9-16(19(23,24)25)28(27-15)12-7-5-11(6-8-12)26-17(30)10-33-14-4-2-1-3-13(14)29(31)32/h1-9H,10H2,(H,26,30). The molecule has 0 spiro atoms. The van der Waals surface area contributed by atoms with E-state index >= 15 is 0 Å². The monoisotopic (exact) mass is 474 g/mol. The maximum atomic E-state index is 13.1. The van der Waals surface area contributed by atoms with Crippen LogP contribution < -0.4 is 10.1 Å². The van der Waals surface area contributed by atoms with Gasteiger partial charge in [0.1, 0.15) is 5.69 Å². The van der Waals surface area contributed by atoms with Crippen LogP contribution in [0.25, 0.3) is 5.69 Å². The number of aromatic nitrogens is 2. The Morgan fingerprint density at radius 3 is 2.24 bits per heavy atom. The fourth-order valence-corrected chi connectivity index (χ4v) is 2.67. The van der Waals surface area contributed by atoms with Crippen LogP contribution in [0.15, 0.2) is 54.6 Å². The van der Waals surface area contributed by atoms with Crippen LogP contribution in [0.1, 0.15) is 11.4 Å². The van der Waals surface area contributed by atoms with E-state index in [0.29, 0.717) is 0 Å². The number of hydrogen-bond acceptors (Lipinski definition) is 5. The molecule has 174 valence electrons. The summed E-state index contributed by atoms with van der Waals surface area (Å²) in [5, 5.41) is 16.3. The van der Waals surface area contributed by atoms with E-state index < -0.39 is 41.2 Å². The number of alkyl halides is 6. The van der Waals surface area contributed by atoms with Gasteiger partial charge in [-0.3, -0.25) is 14.9 Å². The van der Waals surface area contributed by atoms with Gasteiger partial charge in [-0.2, -0.15) is 31.4 Å². The summed E-state index contributed by atoms with van der Waals surface area (Å²) in [5.74, 6) is -0.887. The second-order valence-corrected chi connectivity index (χ2v) is 6.43. The molecule has 0 aliphatic heterocycles. The van der Waals surface area contributed by atoms with E-state index in [9.17, 15) is 41.3 Å². The number of ether oxygens (including phenoxy) is 1. The summed E-state index contributed by atoms with van der Waals surface area (Å²) in [6, 6.07) is 9.60. The van der Waals surface area contributed by atoms with E-state index in [4.69, 9.17) is 4.74 Å². The third-order valence-corrected chi connectivity index (χ3v) is 4.11. The molecule has 1 aromatic heterocycles. The third-order valence-electron chi connectivity index (χ3n) is 4.11. The van der Waals surface area contributed by atoms with E-state index in [1.165, 1.54) is 24.3 Å². The third kappa shape index (κ3) is 5.58. The Bertz CT molecular complexity index is 1170. The lowest BCUT2D eigenvalue weighted by Gasteiger charge is -2.11. The molecule has 0 atom stereocenters. The number of nitrogens with zero attached hydrogens (tertiary/aromatic N) is 3. The lowest BCUT2D eigenvalue weighted by molar-refractivity contribution is -0.385. The average Bonchev–Trinajstić information content (AvgIpc) is 3.20. The molecule has 0 unspecified atom stereocenters. The molecule has 33 heavy (non-hydrogen) atoms. The first-order valence-electron chi connectivity index (χ1n) is 8.87. The zero-order valence-electron chi connectivity index (χ0n) is 16.1. The van der Waals surface area contributed by atoms with Crippen molar-refractivity contribution in [3.63, 3.8) is 0 Å². The number of carbonyl (C=O) groups excluding carboxylic acids is 1. The molecule has 1 heterocycles. The minimum absolute atomic E-state index is 0.0895. The van der Waals surface area contributed by atoms with E-state index in [1.54, 1.807) is 0 Å². The van der Waals surface area contributed by atoms with Crippen molar-refractivity contribution in [2.75, 3.05) is 11.9 Å². The van der Waals surface area contributed by atoms with Gasteiger partial charge in [0, 0.05) is 17.8 Å². The Kier molecular flexibility index (Phi) is 6.28. The Balaban J connectivity index is 1.73. The highest BCUT2D eigenvalue weighted by Gasteiger charge is 2.42. The van der Waals surface area contributed by atoms with Crippen LogP contribution in [0.2, 0.25) is 0 Å². The number of carbonyl (C=O) groups is 1. The molecular weight excluding hydrogens is 462 g/mol. The van der Waals surface area contributed by atoms with Gasteiger partial charge in [-0.15, -0.1) is 0 Å². The van der Waals surface area contributed by atoms with Gasteiger partial charge in [-0.05, 0) is 30.3 Å². The van der Waals surface area contributed by atoms with Gasteiger partial charge in [-0.25, -0.2) is 4.68 Å². The SMILES string of the molecule is O=C(COc1ccccc1[N+](=O)[O-])Nc1ccc(-n2nc(C(F)(F)F)cc2C(F)(F)F)cc1. The molecule has 1 amide bonds. The normalized spacial score (nSPS) is 11.8. The predicted octanol–water partition coefficient (Wildman–Crippen LogP) is 4.84. The average molecular weight is 474 g/mol. The van der Waals surface area contributed by atoms with Crippen molar-refractivity contribution < 1.29 is 40.8 Å². The number of amides is 1. The highest BCUT2D eigenvalue weighted by molar-refractivity contribution is 5.92. The van der Waals surface area contributed by atoms with Gasteiger partial charge in [-0.1, -0.05) is 12.1 Å². The number of rotatable bonds is 6. The van der Waals surface area contributed by atoms with Crippen LogP contribution in [0, 0.1) is 10.1 Å². The molecule has 3 rings (SSSR count). The Labute approximate surface area is 180 Å². The van der Waals surface area contributed by atoms with Gasteiger partial charge in [0.25, 0.3) is 5.91 Å². The minimum Gasteiger partial charge on any atom is -0.477 e. The maximum absolute atomic E-state index is 13.1. The van der Waals surface area contributed by atoms with Gasteiger partial charge < -0.3 is 10.1 Å². The van der Waals surface area contributed by atoms with Crippen molar-refractivity contribution in [1.82, 2.24) is 9.78 Å². The summed E-state index contributed by atoms with van der Waals surface area (Å²) >= 11 is 0. The number of anilines is 1. The summed E-state index contributed by atoms with van der Waals surface area (Å²) in [6.07, 6.45) is -10.2. The fourth-order valence-electron chi connectivity index (χ4n) is 2.67. The predicted molar refractivity (Wildman–Crippen MR) is 101 cm³/mol. The molecule has 0 aliphatic rings. The number of nitrogens with one attached hydrogen (secondary N) is 1. The molecule has 1 N–H and O–H groups in total. The molecule has 0 saturated heterocycles. The molecule has 0 bridgehead atoms. The van der Waals surface area contributed by atoms with E-state index in [2.05, 4.69) is 10.4 Å². The molecule has 0 aliphatic carbocycles. The first-order valence-corrected chi connectivity index (χ1v) is 8.87. The summed E-state index contributed by atoms with van der Waals surface area (Å²) in [4.78, 5) is 22.3. The van der Waals surface area contributed by atoms with Crippen LogP contribution in [0.4, 0.5) is 37.7 Å². The van der Waals surface area contributed by atoms with E-state index in [0.717, 1.165) is 24.3 Å².